The molecule has 0 aliphatic heterocycles. The number of H-pyrrole nitrogens is 1. The van der Waals surface area contributed by atoms with E-state index in [2.05, 4.69) is 22.2 Å². The van der Waals surface area contributed by atoms with Crippen LogP contribution in [0, 0.1) is 0 Å². The smallest absolute Gasteiger partial charge is 0.225 e. The maximum atomic E-state index is 11.4. The van der Waals surface area contributed by atoms with E-state index in [4.69, 9.17) is 5.11 Å². The Kier molecular flexibility index (Phi) is 5.56. The van der Waals surface area contributed by atoms with Crippen molar-refractivity contribution in [2.45, 2.75) is 39.0 Å². The number of carbonyl (C=O) groups is 1. The number of aryl methyl sites for hydroxylation is 1. The van der Waals surface area contributed by atoms with Crippen LogP contribution < -0.4 is 5.32 Å². The number of rotatable bonds is 7. The minimum Gasteiger partial charge on any atom is -0.396 e. The van der Waals surface area contributed by atoms with Gasteiger partial charge in [-0.3, -0.25) is 4.79 Å². The molecule has 90 valence electrons. The van der Waals surface area contributed by atoms with E-state index in [0.717, 1.165) is 18.7 Å². The molecule has 1 aromatic heterocycles. The Morgan fingerprint density at radius 2 is 2.38 bits per heavy atom. The van der Waals surface area contributed by atoms with Gasteiger partial charge in [0.15, 0.2) is 0 Å². The molecule has 0 aliphatic carbocycles. The van der Waals surface area contributed by atoms with Crippen molar-refractivity contribution in [1.29, 1.82) is 0 Å². The number of amides is 1. The topological polar surface area (TPSA) is 78.0 Å². The first-order valence-electron chi connectivity index (χ1n) is 5.71. The highest BCUT2D eigenvalue weighted by molar-refractivity contribution is 5.89. The molecule has 0 atom stereocenters. The van der Waals surface area contributed by atoms with E-state index in [1.54, 1.807) is 6.20 Å². The van der Waals surface area contributed by atoms with Gasteiger partial charge in [0.1, 0.15) is 11.6 Å². The number of hydrogen-bond donors (Lipinski definition) is 3. The fraction of sp³-hybridized carbons (Fsp3) is 0.636. The minimum absolute atomic E-state index is 0.0415. The first-order valence-corrected chi connectivity index (χ1v) is 5.71. The van der Waals surface area contributed by atoms with Crippen LogP contribution in [0.3, 0.4) is 0 Å². The predicted octanol–water partition coefficient (Wildman–Crippen LogP) is 1.46. The number of hydrogen-bond acceptors (Lipinski definition) is 3. The van der Waals surface area contributed by atoms with Gasteiger partial charge in [-0.15, -0.1) is 0 Å². The summed E-state index contributed by atoms with van der Waals surface area (Å²) in [5.41, 5.74) is 0. The molecule has 5 nitrogen and oxygen atoms in total. The Morgan fingerprint density at radius 1 is 1.56 bits per heavy atom. The second-order valence-corrected chi connectivity index (χ2v) is 3.72. The molecular weight excluding hydrogens is 206 g/mol. The molecule has 1 amide bonds. The van der Waals surface area contributed by atoms with Gasteiger partial charge in [0.05, 0.1) is 6.20 Å². The Balaban J connectivity index is 2.31. The fourth-order valence-corrected chi connectivity index (χ4v) is 1.40. The molecule has 0 radical (unpaired) electrons. The number of anilines is 1. The van der Waals surface area contributed by atoms with Gasteiger partial charge in [-0.25, -0.2) is 4.98 Å². The summed E-state index contributed by atoms with van der Waals surface area (Å²) in [4.78, 5) is 18.6. The van der Waals surface area contributed by atoms with Crippen molar-refractivity contribution in [3.8, 4) is 0 Å². The van der Waals surface area contributed by atoms with E-state index in [9.17, 15) is 4.79 Å². The second kappa shape index (κ2) is 7.00. The maximum absolute atomic E-state index is 11.4. The van der Waals surface area contributed by atoms with Crippen LogP contribution in [0.5, 0.6) is 0 Å². The molecule has 0 bridgehead atoms. The molecule has 0 saturated carbocycles. The summed E-state index contributed by atoms with van der Waals surface area (Å²) < 4.78 is 0. The lowest BCUT2D eigenvalue weighted by Crippen LogP contribution is -2.11. The van der Waals surface area contributed by atoms with E-state index in [1.807, 2.05) is 0 Å². The molecule has 0 aliphatic rings. The lowest BCUT2D eigenvalue weighted by atomic mass is 10.2. The normalized spacial score (nSPS) is 10.4. The predicted molar refractivity (Wildman–Crippen MR) is 62.1 cm³/mol. The lowest BCUT2D eigenvalue weighted by molar-refractivity contribution is -0.116. The Morgan fingerprint density at radius 3 is 3.06 bits per heavy atom. The van der Waals surface area contributed by atoms with E-state index >= 15 is 0 Å². The zero-order chi connectivity index (χ0) is 11.8. The highest BCUT2D eigenvalue weighted by Gasteiger charge is 2.04. The third-order valence-electron chi connectivity index (χ3n) is 2.20. The average molecular weight is 225 g/mol. The monoisotopic (exact) mass is 225 g/mol. The molecule has 16 heavy (non-hydrogen) atoms. The molecule has 0 spiro atoms. The fourth-order valence-electron chi connectivity index (χ4n) is 1.40. The van der Waals surface area contributed by atoms with Gasteiger partial charge in [-0.05, 0) is 19.3 Å². The Bertz CT molecular complexity index is 323. The number of nitrogens with one attached hydrogen (secondary N) is 2. The average Bonchev–Trinajstić information content (AvgIpc) is 2.66. The van der Waals surface area contributed by atoms with Crippen LogP contribution in [-0.4, -0.2) is 27.6 Å². The number of aliphatic hydroxyl groups excluding tert-OH is 1. The summed E-state index contributed by atoms with van der Waals surface area (Å²) >= 11 is 0. The van der Waals surface area contributed by atoms with Crippen LogP contribution in [0.2, 0.25) is 0 Å². The molecule has 5 heteroatoms. The van der Waals surface area contributed by atoms with Gasteiger partial charge in [-0.1, -0.05) is 6.92 Å². The van der Waals surface area contributed by atoms with Crippen molar-refractivity contribution in [3.05, 3.63) is 12.0 Å². The molecule has 1 heterocycles. The SMILES string of the molecule is CCCc1ncc(NC(=O)CCCCO)[nH]1. The van der Waals surface area contributed by atoms with Crippen molar-refractivity contribution in [2.24, 2.45) is 0 Å². The van der Waals surface area contributed by atoms with Crippen molar-refractivity contribution < 1.29 is 9.90 Å². The van der Waals surface area contributed by atoms with Crippen molar-refractivity contribution in [1.82, 2.24) is 9.97 Å². The zero-order valence-electron chi connectivity index (χ0n) is 9.62. The molecule has 1 rings (SSSR count). The van der Waals surface area contributed by atoms with E-state index in [0.29, 0.717) is 25.1 Å². The molecular formula is C11H19N3O2. The van der Waals surface area contributed by atoms with Crippen LogP contribution in [0.25, 0.3) is 0 Å². The Labute approximate surface area is 95.3 Å². The summed E-state index contributed by atoms with van der Waals surface area (Å²) in [7, 11) is 0. The van der Waals surface area contributed by atoms with Crippen LogP contribution in [0.4, 0.5) is 5.82 Å². The minimum atomic E-state index is -0.0415. The van der Waals surface area contributed by atoms with E-state index < -0.39 is 0 Å². The van der Waals surface area contributed by atoms with Crippen molar-refractivity contribution >= 4 is 11.7 Å². The van der Waals surface area contributed by atoms with Crippen molar-refractivity contribution in [3.63, 3.8) is 0 Å². The number of aliphatic hydroxyl groups is 1. The molecule has 0 aromatic carbocycles. The number of unbranched alkanes of at least 4 members (excludes halogenated alkanes) is 1. The van der Waals surface area contributed by atoms with Gasteiger partial charge >= 0.3 is 0 Å². The summed E-state index contributed by atoms with van der Waals surface area (Å²) in [5.74, 6) is 1.51. The lowest BCUT2D eigenvalue weighted by Gasteiger charge is -2.01. The van der Waals surface area contributed by atoms with E-state index in [1.165, 1.54) is 0 Å². The third kappa shape index (κ3) is 4.44. The largest absolute Gasteiger partial charge is 0.396 e. The quantitative estimate of drug-likeness (QED) is 0.615. The highest BCUT2D eigenvalue weighted by Crippen LogP contribution is 2.06. The number of aromatic amines is 1. The molecule has 0 fully saturated rings. The van der Waals surface area contributed by atoms with Crippen LogP contribution in [0.1, 0.15) is 38.4 Å². The van der Waals surface area contributed by atoms with Gasteiger partial charge in [0.2, 0.25) is 5.91 Å². The summed E-state index contributed by atoms with van der Waals surface area (Å²) in [6, 6.07) is 0. The number of imidazole rings is 1. The number of aromatic nitrogens is 2. The van der Waals surface area contributed by atoms with Gasteiger partial charge < -0.3 is 15.4 Å². The van der Waals surface area contributed by atoms with E-state index in [-0.39, 0.29) is 12.5 Å². The van der Waals surface area contributed by atoms with Gasteiger partial charge in [-0.2, -0.15) is 0 Å². The first-order chi connectivity index (χ1) is 7.76. The first kappa shape index (κ1) is 12.7. The highest BCUT2D eigenvalue weighted by atomic mass is 16.2. The van der Waals surface area contributed by atoms with Gasteiger partial charge in [0.25, 0.3) is 0 Å². The standard InChI is InChI=1S/C11H19N3O2/c1-2-5-9-12-8-10(13-9)14-11(16)6-3-4-7-15/h8,15H,2-7H2,1H3,(H,12,13)(H,14,16). The second-order valence-electron chi connectivity index (χ2n) is 3.72. The summed E-state index contributed by atoms with van der Waals surface area (Å²) in [5, 5.41) is 11.3. The number of carbonyl (C=O) groups excluding carboxylic acids is 1. The van der Waals surface area contributed by atoms with Gasteiger partial charge in [0, 0.05) is 19.4 Å². The Hall–Kier alpha value is -1.36. The zero-order valence-corrected chi connectivity index (χ0v) is 9.62. The molecule has 1 aromatic rings. The maximum Gasteiger partial charge on any atom is 0.225 e. The van der Waals surface area contributed by atoms with Crippen molar-refractivity contribution in [2.75, 3.05) is 11.9 Å². The van der Waals surface area contributed by atoms with Crippen LogP contribution >= 0.6 is 0 Å². The summed E-state index contributed by atoms with van der Waals surface area (Å²) in [6.07, 6.45) is 5.35. The third-order valence-corrected chi connectivity index (χ3v) is 2.20. The van der Waals surface area contributed by atoms with Crippen LogP contribution in [-0.2, 0) is 11.2 Å². The summed E-state index contributed by atoms with van der Waals surface area (Å²) in [6.45, 7) is 2.22. The molecule has 3 N–H and O–H groups in total. The molecule has 0 unspecified atom stereocenters. The van der Waals surface area contributed by atoms with Crippen LogP contribution in [0.15, 0.2) is 6.20 Å². The molecule has 0 saturated heterocycles. The number of nitrogens with zero attached hydrogens (tertiary/aromatic N) is 1.